The van der Waals surface area contributed by atoms with Crippen LogP contribution in [0.15, 0.2) is 54.6 Å². The summed E-state index contributed by atoms with van der Waals surface area (Å²) in [5.41, 5.74) is -0.641. The van der Waals surface area contributed by atoms with Crippen LogP contribution in [0.2, 0.25) is 0 Å². The zero-order valence-corrected chi connectivity index (χ0v) is 11.1. The highest BCUT2D eigenvalue weighted by Crippen LogP contribution is 2.29. The Balaban J connectivity index is 2.09. The molecule has 6 heteroatoms. The van der Waals surface area contributed by atoms with Gasteiger partial charge in [0.2, 0.25) is 0 Å². The van der Waals surface area contributed by atoms with Crippen molar-refractivity contribution in [3.05, 3.63) is 71.6 Å². The van der Waals surface area contributed by atoms with Crippen molar-refractivity contribution in [3.63, 3.8) is 0 Å². The highest BCUT2D eigenvalue weighted by molar-refractivity contribution is 5.88. The van der Waals surface area contributed by atoms with Crippen LogP contribution in [-0.2, 0) is 11.0 Å². The van der Waals surface area contributed by atoms with Crippen LogP contribution in [-0.4, -0.2) is 5.97 Å². The normalized spacial score (nSPS) is 11.6. The summed E-state index contributed by atoms with van der Waals surface area (Å²) < 4.78 is 55.6. The van der Waals surface area contributed by atoms with E-state index in [0.29, 0.717) is 0 Å². The number of benzene rings is 2. The van der Waals surface area contributed by atoms with Crippen LogP contribution in [0.25, 0.3) is 6.08 Å². The Hall–Kier alpha value is -2.63. The first-order valence-corrected chi connectivity index (χ1v) is 6.18. The quantitative estimate of drug-likeness (QED) is 0.362. The lowest BCUT2D eigenvalue weighted by Gasteiger charge is -2.06. The maximum atomic E-state index is 13.3. The Bertz CT molecular complexity index is 705. The van der Waals surface area contributed by atoms with E-state index in [4.69, 9.17) is 4.74 Å². The maximum absolute atomic E-state index is 13.3. The molecule has 0 radical (unpaired) electrons. The first-order valence-electron chi connectivity index (χ1n) is 6.18. The second-order valence-electron chi connectivity index (χ2n) is 4.31. The smallest absolute Gasteiger partial charge is 0.416 e. The zero-order chi connectivity index (χ0) is 16.2. The van der Waals surface area contributed by atoms with Crippen LogP contribution in [0.4, 0.5) is 17.6 Å². The summed E-state index contributed by atoms with van der Waals surface area (Å²) in [6.45, 7) is 0. The van der Waals surface area contributed by atoms with Crippen LogP contribution in [0, 0.1) is 5.82 Å². The maximum Gasteiger partial charge on any atom is 0.416 e. The lowest BCUT2D eigenvalue weighted by atomic mass is 10.1. The highest BCUT2D eigenvalue weighted by Gasteiger charge is 2.30. The Morgan fingerprint density at radius 3 is 2.45 bits per heavy atom. The molecular formula is C16H10F4O2. The topological polar surface area (TPSA) is 26.3 Å². The molecule has 0 saturated heterocycles. The van der Waals surface area contributed by atoms with Gasteiger partial charge >= 0.3 is 12.1 Å². The number of halogens is 4. The molecule has 22 heavy (non-hydrogen) atoms. The summed E-state index contributed by atoms with van der Waals surface area (Å²) in [5.74, 6) is -1.84. The van der Waals surface area contributed by atoms with Crippen molar-refractivity contribution in [2.24, 2.45) is 0 Å². The third kappa shape index (κ3) is 4.18. The molecule has 114 valence electrons. The number of carbonyl (C=O) groups excluding carboxylic acids is 1. The molecule has 0 aromatic heterocycles. The molecule has 0 amide bonds. The molecule has 0 N–H and O–H groups in total. The van der Waals surface area contributed by atoms with Crippen LogP contribution in [0.5, 0.6) is 5.75 Å². The Morgan fingerprint density at radius 1 is 1.05 bits per heavy atom. The molecular weight excluding hydrogens is 300 g/mol. The highest BCUT2D eigenvalue weighted by atomic mass is 19.4. The average Bonchev–Trinajstić information content (AvgIpc) is 2.47. The summed E-state index contributed by atoms with van der Waals surface area (Å²) in [5, 5.41) is 0. The van der Waals surface area contributed by atoms with Gasteiger partial charge in [-0.1, -0.05) is 24.3 Å². The third-order valence-corrected chi connectivity index (χ3v) is 2.67. The predicted molar refractivity (Wildman–Crippen MR) is 72.5 cm³/mol. The van der Waals surface area contributed by atoms with Gasteiger partial charge in [0, 0.05) is 6.08 Å². The number of alkyl halides is 3. The third-order valence-electron chi connectivity index (χ3n) is 2.67. The van der Waals surface area contributed by atoms with Crippen molar-refractivity contribution in [1.82, 2.24) is 0 Å². The molecule has 0 spiro atoms. The second-order valence-corrected chi connectivity index (χ2v) is 4.31. The lowest BCUT2D eigenvalue weighted by molar-refractivity contribution is -0.137. The van der Waals surface area contributed by atoms with Gasteiger partial charge in [-0.15, -0.1) is 0 Å². The molecule has 0 saturated carbocycles. The summed E-state index contributed by atoms with van der Waals surface area (Å²) in [7, 11) is 0. The van der Waals surface area contributed by atoms with Crippen LogP contribution in [0.3, 0.4) is 0 Å². The number of rotatable bonds is 3. The predicted octanol–water partition coefficient (Wildman–Crippen LogP) is 4.46. The molecule has 0 unspecified atom stereocenters. The first-order chi connectivity index (χ1) is 10.4. The largest absolute Gasteiger partial charge is 0.420 e. The molecule has 0 aliphatic carbocycles. The Labute approximate surface area is 123 Å². The fourth-order valence-corrected chi connectivity index (χ4v) is 1.65. The molecule has 0 aliphatic heterocycles. The standard InChI is InChI=1S/C16H10F4O2/c17-13-6-1-2-7-14(13)22-15(21)9-8-11-4-3-5-12(10-11)16(18,19)20/h1-10H/b9-8+. The number of hydrogen-bond acceptors (Lipinski definition) is 2. The zero-order valence-electron chi connectivity index (χ0n) is 11.1. The van der Waals surface area contributed by atoms with E-state index in [9.17, 15) is 22.4 Å². The van der Waals surface area contributed by atoms with Gasteiger partial charge in [-0.2, -0.15) is 13.2 Å². The van der Waals surface area contributed by atoms with Gasteiger partial charge < -0.3 is 4.74 Å². The van der Waals surface area contributed by atoms with Gasteiger partial charge in [-0.25, -0.2) is 9.18 Å². The van der Waals surface area contributed by atoms with Crippen molar-refractivity contribution >= 4 is 12.0 Å². The van der Waals surface area contributed by atoms with Gasteiger partial charge in [-0.05, 0) is 35.9 Å². The summed E-state index contributed by atoms with van der Waals surface area (Å²) in [6.07, 6.45) is -2.36. The van der Waals surface area contributed by atoms with E-state index in [2.05, 4.69) is 0 Å². The fourth-order valence-electron chi connectivity index (χ4n) is 1.65. The number of hydrogen-bond donors (Lipinski definition) is 0. The van der Waals surface area contributed by atoms with Crippen molar-refractivity contribution in [3.8, 4) is 5.75 Å². The average molecular weight is 310 g/mol. The van der Waals surface area contributed by atoms with Crippen molar-refractivity contribution in [2.45, 2.75) is 6.18 Å². The lowest BCUT2D eigenvalue weighted by Crippen LogP contribution is -2.05. The van der Waals surface area contributed by atoms with E-state index in [1.165, 1.54) is 36.4 Å². The molecule has 0 aliphatic rings. The summed E-state index contributed by atoms with van der Waals surface area (Å²) in [4.78, 5) is 11.5. The van der Waals surface area contributed by atoms with E-state index in [0.717, 1.165) is 24.3 Å². The van der Waals surface area contributed by atoms with E-state index in [1.807, 2.05) is 0 Å². The minimum atomic E-state index is -4.46. The molecule has 0 bridgehead atoms. The van der Waals surface area contributed by atoms with Crippen molar-refractivity contribution in [1.29, 1.82) is 0 Å². The van der Waals surface area contributed by atoms with Gasteiger partial charge in [0.05, 0.1) is 5.56 Å². The van der Waals surface area contributed by atoms with Crippen molar-refractivity contribution in [2.75, 3.05) is 0 Å². The van der Waals surface area contributed by atoms with Gasteiger partial charge in [0.25, 0.3) is 0 Å². The van der Waals surface area contributed by atoms with E-state index >= 15 is 0 Å². The van der Waals surface area contributed by atoms with E-state index in [1.54, 1.807) is 0 Å². The molecule has 2 rings (SSSR count). The number of esters is 1. The summed E-state index contributed by atoms with van der Waals surface area (Å²) >= 11 is 0. The van der Waals surface area contributed by atoms with E-state index in [-0.39, 0.29) is 11.3 Å². The van der Waals surface area contributed by atoms with Gasteiger partial charge in [-0.3, -0.25) is 0 Å². The second kappa shape index (κ2) is 6.43. The molecule has 2 aromatic carbocycles. The molecule has 0 fully saturated rings. The summed E-state index contributed by atoms with van der Waals surface area (Å²) in [6, 6.07) is 9.77. The van der Waals surface area contributed by atoms with Gasteiger partial charge in [0.15, 0.2) is 11.6 Å². The molecule has 0 atom stereocenters. The number of carbonyl (C=O) groups is 1. The van der Waals surface area contributed by atoms with Gasteiger partial charge in [0.1, 0.15) is 0 Å². The Morgan fingerprint density at radius 2 is 1.77 bits per heavy atom. The van der Waals surface area contributed by atoms with Crippen LogP contribution < -0.4 is 4.74 Å². The number of ether oxygens (including phenoxy) is 1. The monoisotopic (exact) mass is 310 g/mol. The van der Waals surface area contributed by atoms with E-state index < -0.39 is 23.5 Å². The SMILES string of the molecule is O=C(/C=C/c1cccc(C(F)(F)F)c1)Oc1ccccc1F. The minimum absolute atomic E-state index is 0.181. The van der Waals surface area contributed by atoms with Crippen LogP contribution >= 0.6 is 0 Å². The first kappa shape index (κ1) is 15.8. The minimum Gasteiger partial charge on any atom is -0.420 e. The fraction of sp³-hybridized carbons (Fsp3) is 0.0625. The van der Waals surface area contributed by atoms with Crippen molar-refractivity contribution < 1.29 is 27.1 Å². The Kier molecular flexibility index (Phi) is 4.60. The van der Waals surface area contributed by atoms with Crippen LogP contribution in [0.1, 0.15) is 11.1 Å². The molecule has 2 aromatic rings. The number of para-hydroxylation sites is 1. The molecule has 0 heterocycles. The molecule has 2 nitrogen and oxygen atoms in total.